The summed E-state index contributed by atoms with van der Waals surface area (Å²) < 4.78 is 22.1. The quantitative estimate of drug-likeness (QED) is 0.175. The Kier molecular flexibility index (Phi) is 8.37. The van der Waals surface area contributed by atoms with Gasteiger partial charge in [0.05, 0.1) is 10.6 Å². The van der Waals surface area contributed by atoms with Crippen molar-refractivity contribution < 1.29 is 23.8 Å². The van der Waals surface area contributed by atoms with Crippen molar-refractivity contribution in [3.63, 3.8) is 0 Å². The predicted molar refractivity (Wildman–Crippen MR) is 156 cm³/mol. The van der Waals surface area contributed by atoms with Gasteiger partial charge in [-0.2, -0.15) is 5.10 Å². The molecule has 4 aromatic rings. The highest BCUT2D eigenvalue weighted by atomic mass is 32.2. The number of hydrogen-bond acceptors (Lipinski definition) is 6. The SMILES string of the molecule is O=C(O)CCCN1C(=O)C(=Cc2cn(-c3ccccc3)nc2-c2cccc(OCc3ccccc3F)c2)SC1=S. The maximum Gasteiger partial charge on any atom is 0.303 e. The summed E-state index contributed by atoms with van der Waals surface area (Å²) in [6.45, 7) is 0.317. The molecule has 1 aliphatic heterocycles. The first-order valence-corrected chi connectivity index (χ1v) is 13.7. The van der Waals surface area contributed by atoms with E-state index in [0.717, 1.165) is 11.3 Å². The van der Waals surface area contributed by atoms with Gasteiger partial charge < -0.3 is 9.84 Å². The smallest absolute Gasteiger partial charge is 0.303 e. The number of hydrogen-bond donors (Lipinski definition) is 1. The van der Waals surface area contributed by atoms with Crippen molar-refractivity contribution >= 4 is 46.3 Å². The van der Waals surface area contributed by atoms with Crippen LogP contribution in [0.1, 0.15) is 24.0 Å². The van der Waals surface area contributed by atoms with E-state index in [1.807, 2.05) is 54.7 Å². The lowest BCUT2D eigenvalue weighted by Crippen LogP contribution is -2.29. The number of amides is 1. The summed E-state index contributed by atoms with van der Waals surface area (Å²) in [6, 6.07) is 23.4. The van der Waals surface area contributed by atoms with Crippen molar-refractivity contribution in [1.29, 1.82) is 0 Å². The molecule has 0 radical (unpaired) electrons. The van der Waals surface area contributed by atoms with Gasteiger partial charge in [0.25, 0.3) is 5.91 Å². The second kappa shape index (κ2) is 12.3. The molecule has 0 saturated carbocycles. The Bertz CT molecular complexity index is 1600. The number of aromatic nitrogens is 2. The van der Waals surface area contributed by atoms with Gasteiger partial charge >= 0.3 is 5.97 Å². The zero-order valence-electron chi connectivity index (χ0n) is 21.2. The Hall–Kier alpha value is -4.28. The average molecular weight is 574 g/mol. The number of carbonyl (C=O) groups excluding carboxylic acids is 1. The summed E-state index contributed by atoms with van der Waals surface area (Å²) in [4.78, 5) is 25.9. The van der Waals surface area contributed by atoms with E-state index in [1.54, 1.807) is 35.0 Å². The van der Waals surface area contributed by atoms with E-state index >= 15 is 0 Å². The van der Waals surface area contributed by atoms with Gasteiger partial charge in [0.1, 0.15) is 28.2 Å². The van der Waals surface area contributed by atoms with E-state index in [1.165, 1.54) is 22.7 Å². The van der Waals surface area contributed by atoms with E-state index in [0.29, 0.717) is 38.2 Å². The summed E-state index contributed by atoms with van der Waals surface area (Å²) in [5, 5.41) is 13.8. The lowest BCUT2D eigenvalue weighted by Gasteiger charge is -2.13. The first kappa shape index (κ1) is 27.3. The number of rotatable bonds is 10. The zero-order valence-corrected chi connectivity index (χ0v) is 22.8. The molecule has 0 unspecified atom stereocenters. The molecule has 10 heteroatoms. The minimum atomic E-state index is -0.918. The number of carbonyl (C=O) groups is 2. The molecule has 1 saturated heterocycles. The fraction of sp³-hybridized carbons (Fsp3) is 0.133. The van der Waals surface area contributed by atoms with E-state index in [-0.39, 0.29) is 31.3 Å². The van der Waals surface area contributed by atoms with Crippen LogP contribution in [0.2, 0.25) is 0 Å². The Morgan fingerprint density at radius 3 is 2.62 bits per heavy atom. The molecule has 0 spiro atoms. The molecule has 5 rings (SSSR count). The van der Waals surface area contributed by atoms with E-state index in [2.05, 4.69) is 0 Å². The number of nitrogens with zero attached hydrogens (tertiary/aromatic N) is 3. The maximum atomic E-state index is 14.1. The monoisotopic (exact) mass is 573 g/mol. The zero-order chi connectivity index (χ0) is 28.1. The highest BCUT2D eigenvalue weighted by Crippen LogP contribution is 2.35. The molecule has 0 atom stereocenters. The first-order valence-electron chi connectivity index (χ1n) is 12.5. The number of carboxylic acid groups (broad SMARTS) is 1. The lowest BCUT2D eigenvalue weighted by atomic mass is 10.1. The fourth-order valence-electron chi connectivity index (χ4n) is 4.16. The third-order valence-corrected chi connectivity index (χ3v) is 7.53. The number of carboxylic acids is 1. The van der Waals surface area contributed by atoms with Crippen molar-refractivity contribution in [2.24, 2.45) is 0 Å². The first-order chi connectivity index (χ1) is 19.4. The third kappa shape index (κ3) is 6.30. The van der Waals surface area contributed by atoms with Crippen LogP contribution in [0.25, 0.3) is 23.0 Å². The van der Waals surface area contributed by atoms with Gasteiger partial charge in [-0.15, -0.1) is 0 Å². The van der Waals surface area contributed by atoms with Crippen LogP contribution >= 0.6 is 24.0 Å². The van der Waals surface area contributed by atoms with Crippen LogP contribution in [0, 0.1) is 5.82 Å². The van der Waals surface area contributed by atoms with Gasteiger partial charge in [-0.25, -0.2) is 9.07 Å². The number of halogens is 1. The lowest BCUT2D eigenvalue weighted by molar-refractivity contribution is -0.137. The molecule has 40 heavy (non-hydrogen) atoms. The Morgan fingerprint density at radius 2 is 1.85 bits per heavy atom. The van der Waals surface area contributed by atoms with Gasteiger partial charge in [0.2, 0.25) is 0 Å². The summed E-state index contributed by atoms with van der Waals surface area (Å²) in [6.07, 6.45) is 3.87. The van der Waals surface area contributed by atoms with Crippen molar-refractivity contribution in [3.8, 4) is 22.7 Å². The minimum Gasteiger partial charge on any atom is -0.489 e. The average Bonchev–Trinajstić information content (AvgIpc) is 3.49. The van der Waals surface area contributed by atoms with Crippen LogP contribution in [-0.4, -0.2) is 42.5 Å². The molecule has 0 bridgehead atoms. The second-order valence-electron chi connectivity index (χ2n) is 8.95. The molecule has 7 nitrogen and oxygen atoms in total. The van der Waals surface area contributed by atoms with Gasteiger partial charge in [-0.05, 0) is 42.8 Å². The van der Waals surface area contributed by atoms with E-state index in [4.69, 9.17) is 27.2 Å². The predicted octanol–water partition coefficient (Wildman–Crippen LogP) is 6.32. The Labute approximate surface area is 239 Å². The second-order valence-corrected chi connectivity index (χ2v) is 10.6. The molecule has 202 valence electrons. The third-order valence-electron chi connectivity index (χ3n) is 6.16. The highest BCUT2D eigenvalue weighted by molar-refractivity contribution is 8.26. The summed E-state index contributed by atoms with van der Waals surface area (Å²) in [5.74, 6) is -0.964. The number of aliphatic carboxylic acids is 1. The number of para-hydroxylation sites is 1. The van der Waals surface area contributed by atoms with Gasteiger partial charge in [0.15, 0.2) is 0 Å². The summed E-state index contributed by atoms with van der Waals surface area (Å²) >= 11 is 6.59. The fourth-order valence-corrected chi connectivity index (χ4v) is 5.46. The number of thiocarbonyl (C=S) groups is 1. The van der Waals surface area contributed by atoms with E-state index < -0.39 is 5.97 Å². The summed E-state index contributed by atoms with van der Waals surface area (Å²) in [7, 11) is 0. The standard InChI is InChI=1S/C30H24FN3O4S2/c31-25-13-5-4-8-21(25)19-38-24-12-6-9-20(16-24)28-22(18-34(32-28)23-10-2-1-3-11-23)17-26-29(37)33(30(39)40-26)15-7-14-27(35)36/h1-6,8-13,16-18H,7,14-15,19H2,(H,35,36). The van der Waals surface area contributed by atoms with Gasteiger partial charge in [-0.1, -0.05) is 72.5 Å². The van der Waals surface area contributed by atoms with Crippen molar-refractivity contribution in [2.45, 2.75) is 19.4 Å². The van der Waals surface area contributed by atoms with E-state index in [9.17, 15) is 14.0 Å². The molecular weight excluding hydrogens is 549 g/mol. The molecule has 1 aliphatic rings. The highest BCUT2D eigenvalue weighted by Gasteiger charge is 2.32. The Balaban J connectivity index is 1.46. The largest absolute Gasteiger partial charge is 0.489 e. The molecule has 2 heterocycles. The molecule has 0 aliphatic carbocycles. The molecule has 3 aromatic carbocycles. The topological polar surface area (TPSA) is 84.7 Å². The van der Waals surface area contributed by atoms with Crippen molar-refractivity contribution in [1.82, 2.24) is 14.7 Å². The van der Waals surface area contributed by atoms with Crippen LogP contribution in [0.15, 0.2) is 90.0 Å². The number of ether oxygens (including phenoxy) is 1. The maximum absolute atomic E-state index is 14.1. The minimum absolute atomic E-state index is 0.0422. The molecule has 1 amide bonds. The number of thioether (sulfide) groups is 1. The van der Waals surface area contributed by atoms with Crippen molar-refractivity contribution in [2.75, 3.05) is 6.54 Å². The van der Waals surface area contributed by atoms with Crippen LogP contribution < -0.4 is 4.74 Å². The molecule has 1 aromatic heterocycles. The van der Waals surface area contributed by atoms with Crippen LogP contribution in [0.5, 0.6) is 5.75 Å². The molecule has 1 fully saturated rings. The van der Waals surface area contributed by atoms with Crippen LogP contribution in [0.4, 0.5) is 4.39 Å². The number of benzene rings is 3. The molecule has 1 N–H and O–H groups in total. The van der Waals surface area contributed by atoms with Crippen LogP contribution in [-0.2, 0) is 16.2 Å². The van der Waals surface area contributed by atoms with Crippen LogP contribution in [0.3, 0.4) is 0 Å². The van der Waals surface area contributed by atoms with Crippen molar-refractivity contribution in [3.05, 3.63) is 107 Å². The van der Waals surface area contributed by atoms with Gasteiger partial charge in [0, 0.05) is 35.9 Å². The van der Waals surface area contributed by atoms with Gasteiger partial charge in [-0.3, -0.25) is 14.5 Å². The summed E-state index contributed by atoms with van der Waals surface area (Å²) in [5.41, 5.74) is 3.37. The Morgan fingerprint density at radius 1 is 1.07 bits per heavy atom. The normalized spacial score (nSPS) is 14.2. The molecular formula is C30H24FN3O4S2.